The number of fused-ring (bicyclic) bond motifs is 2. The number of nitrogens with zero attached hydrogens (tertiary/aromatic N) is 2. The Hall–Kier alpha value is -4.48. The summed E-state index contributed by atoms with van der Waals surface area (Å²) in [7, 11) is 4.14. The Morgan fingerprint density at radius 3 is 2.08 bits per heavy atom. The highest BCUT2D eigenvalue weighted by molar-refractivity contribution is 6.76. The summed E-state index contributed by atoms with van der Waals surface area (Å²) in [5, 5.41) is -0.183. The van der Waals surface area contributed by atoms with Crippen molar-refractivity contribution in [3.63, 3.8) is 0 Å². The van der Waals surface area contributed by atoms with Crippen molar-refractivity contribution in [3.8, 4) is 34.1 Å². The van der Waals surface area contributed by atoms with Gasteiger partial charge in [0.05, 0.1) is 35.0 Å². The zero-order valence-corrected chi connectivity index (χ0v) is 29.3. The molecule has 0 saturated heterocycles. The van der Waals surface area contributed by atoms with Gasteiger partial charge >= 0.3 is 5.97 Å². The Labute approximate surface area is 277 Å². The van der Waals surface area contributed by atoms with Crippen LogP contribution in [0.15, 0.2) is 38.6 Å². The number of methoxy groups -OCH3 is 4. The summed E-state index contributed by atoms with van der Waals surface area (Å²) in [5.41, 5.74) is -1.36. The van der Waals surface area contributed by atoms with Gasteiger partial charge in [0, 0.05) is 48.6 Å². The van der Waals surface area contributed by atoms with Crippen LogP contribution in [0.1, 0.15) is 16.1 Å². The van der Waals surface area contributed by atoms with E-state index in [-0.39, 0.29) is 95.8 Å². The number of hydrogen-bond donors (Lipinski definition) is 0. The second-order valence-corrected chi connectivity index (χ2v) is 17.3. The number of aryl methyl sites for hydroxylation is 1. The Bertz CT molecular complexity index is 1880. The second kappa shape index (κ2) is 16.1. The first-order chi connectivity index (χ1) is 22.9. The van der Waals surface area contributed by atoms with Gasteiger partial charge in [0.25, 0.3) is 5.56 Å². The van der Waals surface area contributed by atoms with E-state index in [1.165, 1.54) is 51.2 Å². The van der Waals surface area contributed by atoms with E-state index in [0.717, 1.165) is 6.26 Å². The highest BCUT2D eigenvalue weighted by atomic mass is 28.3. The van der Waals surface area contributed by atoms with Gasteiger partial charge in [-0.25, -0.2) is 9.78 Å². The summed E-state index contributed by atoms with van der Waals surface area (Å²) in [6.07, 6.45) is 2.51. The van der Waals surface area contributed by atoms with Crippen molar-refractivity contribution in [1.29, 1.82) is 0 Å². The summed E-state index contributed by atoms with van der Waals surface area (Å²) >= 11 is 0. The minimum absolute atomic E-state index is 0.0153. The van der Waals surface area contributed by atoms with E-state index in [2.05, 4.69) is 24.6 Å². The lowest BCUT2D eigenvalue weighted by Crippen LogP contribution is -2.24. The molecule has 0 atom stereocenters. The standard InChI is InChI=1S/C32H40N2O13Si/c1-19-26(31(36)34-13-24(46-17-40-4)21(44-15-38-2)12-25(34)33-19)20-14-43-22-11-23(45-16-39-3)30(47-18-41-5)28(27(22)29(20)35)32(37)42-9-10-48(6,7)8/h11-14H,9-10,15-18H2,1-8H3. The lowest BCUT2D eigenvalue weighted by atomic mass is 10.0. The van der Waals surface area contributed by atoms with Crippen molar-refractivity contribution in [2.24, 2.45) is 0 Å². The van der Waals surface area contributed by atoms with Gasteiger partial charge in [0.2, 0.25) is 5.43 Å². The predicted molar refractivity (Wildman–Crippen MR) is 176 cm³/mol. The number of benzene rings is 1. The van der Waals surface area contributed by atoms with Crippen LogP contribution in [0.2, 0.25) is 25.7 Å². The van der Waals surface area contributed by atoms with E-state index in [9.17, 15) is 14.4 Å². The Balaban J connectivity index is 1.99. The van der Waals surface area contributed by atoms with Gasteiger partial charge in [-0.15, -0.1) is 0 Å². The maximum Gasteiger partial charge on any atom is 0.342 e. The van der Waals surface area contributed by atoms with Crippen LogP contribution in [0.5, 0.6) is 23.0 Å². The van der Waals surface area contributed by atoms with E-state index in [0.29, 0.717) is 6.04 Å². The molecule has 0 bridgehead atoms. The number of carbonyl (C=O) groups excluding carboxylic acids is 1. The van der Waals surface area contributed by atoms with Crippen LogP contribution in [0.25, 0.3) is 27.7 Å². The van der Waals surface area contributed by atoms with Gasteiger partial charge in [0.15, 0.2) is 50.2 Å². The number of aromatic nitrogens is 2. The van der Waals surface area contributed by atoms with Gasteiger partial charge < -0.3 is 47.0 Å². The molecule has 4 rings (SSSR count). The molecule has 0 spiro atoms. The molecule has 0 aliphatic carbocycles. The Morgan fingerprint density at radius 1 is 0.854 bits per heavy atom. The van der Waals surface area contributed by atoms with Crippen molar-refractivity contribution >= 4 is 30.7 Å². The van der Waals surface area contributed by atoms with Crippen LogP contribution >= 0.6 is 0 Å². The molecule has 0 aliphatic rings. The summed E-state index contributed by atoms with van der Waals surface area (Å²) in [5.74, 6) is -0.487. The molecule has 3 heterocycles. The Kier molecular flexibility index (Phi) is 12.2. The molecule has 48 heavy (non-hydrogen) atoms. The van der Waals surface area contributed by atoms with Crippen molar-refractivity contribution < 1.29 is 51.8 Å². The SMILES string of the molecule is COCOc1cc2nc(C)c(-c3coc4cc(OCOC)c(OCOC)c(C(=O)OCC[Si](C)(C)C)c4c3=O)c(=O)n2cc1OCOC. The molecule has 260 valence electrons. The highest BCUT2D eigenvalue weighted by Gasteiger charge is 2.29. The molecule has 0 fully saturated rings. The minimum Gasteiger partial charge on any atom is -0.463 e. The zero-order valence-electron chi connectivity index (χ0n) is 28.3. The topological polar surface area (TPSA) is 165 Å². The maximum atomic E-state index is 14.4. The molecule has 16 heteroatoms. The third-order valence-corrected chi connectivity index (χ3v) is 8.64. The van der Waals surface area contributed by atoms with E-state index < -0.39 is 25.0 Å². The Morgan fingerprint density at radius 2 is 1.46 bits per heavy atom. The number of pyridine rings is 1. The van der Waals surface area contributed by atoms with Crippen LogP contribution in [0.4, 0.5) is 0 Å². The number of rotatable bonds is 17. The van der Waals surface area contributed by atoms with E-state index in [4.69, 9.17) is 47.0 Å². The minimum atomic E-state index is -1.59. The van der Waals surface area contributed by atoms with Crippen molar-refractivity contribution in [2.45, 2.75) is 32.6 Å². The van der Waals surface area contributed by atoms with Crippen LogP contribution in [0.3, 0.4) is 0 Å². The summed E-state index contributed by atoms with van der Waals surface area (Å²) in [6.45, 7) is 7.41. The largest absolute Gasteiger partial charge is 0.463 e. The fourth-order valence-corrected chi connectivity index (χ4v) is 5.37. The predicted octanol–water partition coefficient (Wildman–Crippen LogP) is 4.20. The van der Waals surface area contributed by atoms with Crippen LogP contribution < -0.4 is 29.9 Å². The van der Waals surface area contributed by atoms with Crippen LogP contribution in [-0.4, -0.2) is 85.6 Å². The van der Waals surface area contributed by atoms with Crippen molar-refractivity contribution in [1.82, 2.24) is 9.38 Å². The molecule has 0 N–H and O–H groups in total. The molecule has 3 aromatic heterocycles. The average Bonchev–Trinajstić information content (AvgIpc) is 3.04. The van der Waals surface area contributed by atoms with Crippen molar-refractivity contribution in [2.75, 3.05) is 62.2 Å². The first-order valence-electron chi connectivity index (χ1n) is 14.8. The highest BCUT2D eigenvalue weighted by Crippen LogP contribution is 2.38. The normalized spacial score (nSPS) is 11.6. The first kappa shape index (κ1) is 36.4. The molecule has 1 aromatic carbocycles. The third-order valence-electron chi connectivity index (χ3n) is 6.93. The van der Waals surface area contributed by atoms with E-state index >= 15 is 0 Å². The zero-order chi connectivity index (χ0) is 35.0. The van der Waals surface area contributed by atoms with Gasteiger partial charge in [-0.05, 0) is 13.0 Å². The summed E-state index contributed by atoms with van der Waals surface area (Å²) in [6, 6.07) is 3.57. The molecule has 0 unspecified atom stereocenters. The summed E-state index contributed by atoms with van der Waals surface area (Å²) < 4.78 is 55.6. The fraction of sp³-hybridized carbons (Fsp3) is 0.438. The molecular weight excluding hydrogens is 648 g/mol. The first-order valence-corrected chi connectivity index (χ1v) is 18.5. The second-order valence-electron chi connectivity index (χ2n) is 11.7. The quantitative estimate of drug-likeness (QED) is 0.0880. The van der Waals surface area contributed by atoms with Gasteiger partial charge in [-0.2, -0.15) is 0 Å². The van der Waals surface area contributed by atoms with Gasteiger partial charge in [-0.1, -0.05) is 19.6 Å². The molecule has 0 saturated carbocycles. The summed E-state index contributed by atoms with van der Waals surface area (Å²) in [4.78, 5) is 46.8. The monoisotopic (exact) mass is 688 g/mol. The smallest absolute Gasteiger partial charge is 0.342 e. The number of hydrogen-bond acceptors (Lipinski definition) is 14. The third kappa shape index (κ3) is 8.14. The maximum absolute atomic E-state index is 14.4. The van der Waals surface area contributed by atoms with Gasteiger partial charge in [0.1, 0.15) is 23.1 Å². The lowest BCUT2D eigenvalue weighted by Gasteiger charge is -2.19. The number of esters is 1. The van der Waals surface area contributed by atoms with E-state index in [1.807, 2.05) is 0 Å². The van der Waals surface area contributed by atoms with E-state index in [1.54, 1.807) is 6.92 Å². The number of ether oxygens (including phenoxy) is 9. The van der Waals surface area contributed by atoms with Crippen molar-refractivity contribution in [3.05, 3.63) is 56.4 Å². The van der Waals surface area contributed by atoms with Crippen LogP contribution in [0, 0.1) is 6.92 Å². The average molecular weight is 689 g/mol. The molecule has 0 aliphatic heterocycles. The molecule has 15 nitrogen and oxygen atoms in total. The molecule has 0 amide bonds. The number of carbonyl (C=O) groups is 1. The van der Waals surface area contributed by atoms with Crippen LogP contribution in [-0.2, 0) is 23.7 Å². The molecular formula is C32H40N2O13Si. The fourth-order valence-electron chi connectivity index (χ4n) is 4.66. The van der Waals surface area contributed by atoms with Gasteiger partial charge in [-0.3, -0.25) is 14.0 Å². The molecule has 0 radical (unpaired) electrons. The lowest BCUT2D eigenvalue weighted by molar-refractivity contribution is 0.0299. The molecule has 4 aromatic rings.